The van der Waals surface area contributed by atoms with Crippen LogP contribution in [-0.4, -0.2) is 17.4 Å². The third-order valence-electron chi connectivity index (χ3n) is 4.78. The maximum atomic E-state index is 12.3. The summed E-state index contributed by atoms with van der Waals surface area (Å²) in [6.45, 7) is 2.22. The molecule has 0 fully saturated rings. The summed E-state index contributed by atoms with van der Waals surface area (Å²) < 4.78 is 12.0. The van der Waals surface area contributed by atoms with Crippen LogP contribution in [-0.2, 0) is 0 Å². The summed E-state index contributed by atoms with van der Waals surface area (Å²) in [5.41, 5.74) is 2.76. The third-order valence-corrected chi connectivity index (χ3v) is 4.78. The molecule has 28 heavy (non-hydrogen) atoms. The van der Waals surface area contributed by atoms with E-state index in [1.54, 1.807) is 36.7 Å². The second kappa shape index (κ2) is 7.53. The second-order valence-corrected chi connectivity index (χ2v) is 6.71. The summed E-state index contributed by atoms with van der Waals surface area (Å²) in [7, 11) is 0. The first-order valence-electron chi connectivity index (χ1n) is 9.04. The van der Waals surface area contributed by atoms with E-state index in [1.807, 2.05) is 37.3 Å². The Balaban J connectivity index is 1.73. The van der Waals surface area contributed by atoms with Crippen LogP contribution in [0.25, 0.3) is 0 Å². The Morgan fingerprint density at radius 1 is 1.18 bits per heavy atom. The molecule has 2 heterocycles. The van der Waals surface area contributed by atoms with Gasteiger partial charge in [-0.1, -0.05) is 25.1 Å². The monoisotopic (exact) mass is 370 g/mol. The molecule has 2 aromatic carbocycles. The van der Waals surface area contributed by atoms with Crippen molar-refractivity contribution in [3.05, 3.63) is 89.2 Å². The van der Waals surface area contributed by atoms with Gasteiger partial charge in [-0.25, -0.2) is 0 Å². The van der Waals surface area contributed by atoms with Crippen LogP contribution in [0.4, 0.5) is 0 Å². The first-order valence-corrected chi connectivity index (χ1v) is 9.04. The highest BCUT2D eigenvalue weighted by molar-refractivity contribution is 6.01. The molecule has 0 aliphatic carbocycles. The zero-order chi connectivity index (χ0) is 19.5. The number of carbonyl (C=O) groups excluding carboxylic acids is 1. The molecule has 0 amide bonds. The van der Waals surface area contributed by atoms with E-state index in [0.29, 0.717) is 29.2 Å². The van der Waals surface area contributed by atoms with Crippen LogP contribution >= 0.6 is 0 Å². The van der Waals surface area contributed by atoms with Gasteiger partial charge in [0.1, 0.15) is 11.5 Å². The summed E-state index contributed by atoms with van der Waals surface area (Å²) in [6, 6.07) is 18.5. The quantitative estimate of drug-likeness (QED) is 0.683. The molecule has 5 nitrogen and oxygen atoms in total. The van der Waals surface area contributed by atoms with Gasteiger partial charge in [-0.05, 0) is 35.9 Å². The van der Waals surface area contributed by atoms with Crippen LogP contribution in [0.2, 0.25) is 0 Å². The van der Waals surface area contributed by atoms with Crippen molar-refractivity contribution in [2.75, 3.05) is 6.61 Å². The lowest BCUT2D eigenvalue weighted by Crippen LogP contribution is -2.25. The molecule has 0 N–H and O–H groups in total. The number of hydrogen-bond acceptors (Lipinski definition) is 5. The number of ketones is 1. The minimum atomic E-state index is -0.491. The highest BCUT2D eigenvalue weighted by Crippen LogP contribution is 2.35. The molecule has 0 radical (unpaired) electrons. The number of fused-ring (bicyclic) bond motifs is 1. The van der Waals surface area contributed by atoms with E-state index in [9.17, 15) is 10.1 Å². The third kappa shape index (κ3) is 3.33. The Hall–Kier alpha value is -3.65. The van der Waals surface area contributed by atoms with Crippen molar-refractivity contribution in [2.24, 2.45) is 5.92 Å². The molecule has 0 saturated heterocycles. The van der Waals surface area contributed by atoms with Crippen LogP contribution in [0.5, 0.6) is 11.5 Å². The van der Waals surface area contributed by atoms with Gasteiger partial charge in [0.05, 0.1) is 29.7 Å². The zero-order valence-corrected chi connectivity index (χ0v) is 15.3. The highest BCUT2D eigenvalue weighted by atomic mass is 16.5. The van der Waals surface area contributed by atoms with Crippen molar-refractivity contribution in [3.63, 3.8) is 0 Å². The average molecular weight is 370 g/mol. The van der Waals surface area contributed by atoms with E-state index < -0.39 is 6.10 Å². The van der Waals surface area contributed by atoms with Gasteiger partial charge in [-0.3, -0.25) is 9.78 Å². The molecule has 1 aliphatic rings. The Morgan fingerprint density at radius 3 is 2.75 bits per heavy atom. The van der Waals surface area contributed by atoms with E-state index in [1.165, 1.54) is 0 Å². The lowest BCUT2D eigenvalue weighted by Gasteiger charge is -2.24. The minimum absolute atomic E-state index is 0.0771. The molecular weight excluding hydrogens is 352 g/mol. The van der Waals surface area contributed by atoms with Crippen molar-refractivity contribution in [1.29, 1.82) is 5.26 Å². The fourth-order valence-corrected chi connectivity index (χ4v) is 3.27. The lowest BCUT2D eigenvalue weighted by atomic mass is 9.96. The zero-order valence-electron chi connectivity index (χ0n) is 15.3. The van der Waals surface area contributed by atoms with E-state index >= 15 is 0 Å². The number of rotatable bonds is 4. The number of aromatic nitrogens is 1. The van der Waals surface area contributed by atoms with Crippen molar-refractivity contribution >= 4 is 5.78 Å². The molecule has 138 valence electrons. The van der Waals surface area contributed by atoms with Crippen LogP contribution in [0, 0.1) is 17.2 Å². The topological polar surface area (TPSA) is 72.2 Å². The van der Waals surface area contributed by atoms with E-state index in [4.69, 9.17) is 9.47 Å². The fraction of sp³-hybridized carbons (Fsp3) is 0.174. The smallest absolute Gasteiger partial charge is 0.172 e. The van der Waals surface area contributed by atoms with Gasteiger partial charge in [0, 0.05) is 24.0 Å². The highest BCUT2D eigenvalue weighted by Gasteiger charge is 2.26. The van der Waals surface area contributed by atoms with Crippen LogP contribution in [0.15, 0.2) is 67.0 Å². The normalized spacial score (nSPS) is 16.4. The Labute approximate surface area is 163 Å². The van der Waals surface area contributed by atoms with Crippen molar-refractivity contribution < 1.29 is 14.3 Å². The van der Waals surface area contributed by atoms with Crippen molar-refractivity contribution in [2.45, 2.75) is 13.0 Å². The van der Waals surface area contributed by atoms with Crippen LogP contribution < -0.4 is 9.47 Å². The summed E-state index contributed by atoms with van der Waals surface area (Å²) in [6.07, 6.45) is 2.89. The van der Waals surface area contributed by atoms with Crippen molar-refractivity contribution in [1.82, 2.24) is 4.98 Å². The number of carbonyl (C=O) groups is 1. The van der Waals surface area contributed by atoms with Crippen LogP contribution in [0.3, 0.4) is 0 Å². The molecule has 0 saturated carbocycles. The van der Waals surface area contributed by atoms with Gasteiger partial charge >= 0.3 is 0 Å². The van der Waals surface area contributed by atoms with Gasteiger partial charge in [0.15, 0.2) is 11.9 Å². The molecule has 2 atom stereocenters. The molecule has 1 aliphatic heterocycles. The summed E-state index contributed by atoms with van der Waals surface area (Å²) in [5, 5.41) is 9.52. The molecular formula is C23H18N2O3. The van der Waals surface area contributed by atoms with E-state index in [0.717, 1.165) is 11.1 Å². The average Bonchev–Trinajstić information content (AvgIpc) is 2.75. The summed E-state index contributed by atoms with van der Waals surface area (Å²) in [5.74, 6) is 1.03. The Kier molecular flexibility index (Phi) is 4.77. The first-order chi connectivity index (χ1) is 13.7. The van der Waals surface area contributed by atoms with Gasteiger partial charge in [-0.2, -0.15) is 5.26 Å². The predicted octanol–water partition coefficient (Wildman–Crippen LogP) is 4.33. The molecule has 1 aromatic heterocycles. The number of hydrogen-bond donors (Lipinski definition) is 0. The van der Waals surface area contributed by atoms with E-state index in [-0.39, 0.29) is 11.7 Å². The van der Waals surface area contributed by atoms with E-state index in [2.05, 4.69) is 11.1 Å². The number of Topliss-reactive ketones (excluding diaryl/α,β-unsaturated/α-hetero) is 1. The van der Waals surface area contributed by atoms with Gasteiger partial charge < -0.3 is 9.47 Å². The largest absolute Gasteiger partial charge is 0.492 e. The molecule has 0 bridgehead atoms. The van der Waals surface area contributed by atoms with Gasteiger partial charge in [-0.15, -0.1) is 0 Å². The SMILES string of the molecule is CC1COc2cc(O[C@@H](c3ccncc3)c3ccccc3C#N)ccc2C1=O. The van der Waals surface area contributed by atoms with Crippen LogP contribution in [0.1, 0.15) is 40.1 Å². The molecule has 3 aromatic rings. The Morgan fingerprint density at radius 2 is 1.96 bits per heavy atom. The predicted molar refractivity (Wildman–Crippen MR) is 103 cm³/mol. The molecule has 0 spiro atoms. The number of pyridine rings is 1. The number of nitrogens with zero attached hydrogens (tertiary/aromatic N) is 2. The fourth-order valence-electron chi connectivity index (χ4n) is 3.27. The summed E-state index contributed by atoms with van der Waals surface area (Å²) in [4.78, 5) is 16.4. The van der Waals surface area contributed by atoms with Gasteiger partial charge in [0.25, 0.3) is 0 Å². The molecule has 4 rings (SSSR count). The standard InChI is InChI=1S/C23H18N2O3/c1-15-14-27-21-12-18(6-7-20(21)22(15)26)28-23(16-8-10-25-11-9-16)19-5-3-2-4-17(19)13-24/h2-12,15,23H,14H2,1H3/t15?,23-/m0/s1. The number of nitriles is 1. The van der Waals surface area contributed by atoms with Gasteiger partial charge in [0.2, 0.25) is 0 Å². The minimum Gasteiger partial charge on any atom is -0.492 e. The first kappa shape index (κ1) is 17.7. The maximum absolute atomic E-state index is 12.3. The Bertz CT molecular complexity index is 1060. The molecule has 1 unspecified atom stereocenters. The summed E-state index contributed by atoms with van der Waals surface area (Å²) >= 11 is 0. The lowest BCUT2D eigenvalue weighted by molar-refractivity contribution is 0.0848. The maximum Gasteiger partial charge on any atom is 0.172 e. The second-order valence-electron chi connectivity index (χ2n) is 6.71. The van der Waals surface area contributed by atoms with Crippen molar-refractivity contribution in [3.8, 4) is 17.6 Å². The number of ether oxygens (including phenoxy) is 2. The molecule has 5 heteroatoms. The number of benzene rings is 2.